The van der Waals surface area contributed by atoms with Crippen LogP contribution in [0.25, 0.3) is 0 Å². The molecule has 1 unspecified atom stereocenters. The molecule has 0 aromatic carbocycles. The van der Waals surface area contributed by atoms with Gasteiger partial charge in [0.15, 0.2) is 0 Å². The number of hydrogen-bond donors (Lipinski definition) is 2. The number of thiophene rings is 1. The SMILES string of the molecule is CC1CCc2c(sc(NC(=O)CS)c2C#N)C1. The Balaban J connectivity index is 2.34. The number of carbonyl (C=O) groups is 1. The molecule has 1 N–H and O–H groups in total. The van der Waals surface area contributed by atoms with Gasteiger partial charge in [-0.15, -0.1) is 11.3 Å². The molecule has 0 radical (unpaired) electrons. The summed E-state index contributed by atoms with van der Waals surface area (Å²) in [5.74, 6) is 0.654. The van der Waals surface area contributed by atoms with Gasteiger partial charge in [-0.05, 0) is 30.7 Å². The fraction of sp³-hybridized carbons (Fsp3) is 0.500. The quantitative estimate of drug-likeness (QED) is 0.808. The zero-order valence-electron chi connectivity index (χ0n) is 9.62. The Bertz CT molecular complexity index is 487. The molecule has 1 aromatic heterocycles. The van der Waals surface area contributed by atoms with Gasteiger partial charge in [0.05, 0.1) is 11.3 Å². The van der Waals surface area contributed by atoms with Gasteiger partial charge in [0.25, 0.3) is 0 Å². The smallest absolute Gasteiger partial charge is 0.234 e. The van der Waals surface area contributed by atoms with Crippen LogP contribution in [0.2, 0.25) is 0 Å². The summed E-state index contributed by atoms with van der Waals surface area (Å²) in [6.07, 6.45) is 3.09. The van der Waals surface area contributed by atoms with Crippen LogP contribution in [0.3, 0.4) is 0 Å². The highest BCUT2D eigenvalue weighted by molar-refractivity contribution is 7.81. The van der Waals surface area contributed by atoms with Gasteiger partial charge < -0.3 is 5.32 Å². The molecule has 90 valence electrons. The summed E-state index contributed by atoms with van der Waals surface area (Å²) in [7, 11) is 0. The minimum atomic E-state index is -0.156. The maximum absolute atomic E-state index is 11.3. The van der Waals surface area contributed by atoms with Crippen LogP contribution in [-0.4, -0.2) is 11.7 Å². The Morgan fingerprint density at radius 2 is 2.47 bits per heavy atom. The van der Waals surface area contributed by atoms with E-state index in [1.807, 2.05) is 0 Å². The van der Waals surface area contributed by atoms with Crippen LogP contribution in [0.15, 0.2) is 0 Å². The highest BCUT2D eigenvalue weighted by Gasteiger charge is 2.24. The molecule has 0 fully saturated rings. The normalized spacial score (nSPS) is 18.3. The topological polar surface area (TPSA) is 52.9 Å². The first-order valence-corrected chi connectivity index (χ1v) is 7.06. The number of anilines is 1. The van der Waals surface area contributed by atoms with Gasteiger partial charge >= 0.3 is 0 Å². The molecule has 3 nitrogen and oxygen atoms in total. The second-order valence-electron chi connectivity index (χ2n) is 4.37. The van der Waals surface area contributed by atoms with E-state index in [1.54, 1.807) is 11.3 Å². The Labute approximate surface area is 110 Å². The van der Waals surface area contributed by atoms with Gasteiger partial charge in [0.1, 0.15) is 11.1 Å². The summed E-state index contributed by atoms with van der Waals surface area (Å²) in [5, 5.41) is 12.7. The van der Waals surface area contributed by atoms with Gasteiger partial charge in [-0.3, -0.25) is 4.79 Å². The van der Waals surface area contributed by atoms with E-state index in [-0.39, 0.29) is 11.7 Å². The van der Waals surface area contributed by atoms with E-state index in [9.17, 15) is 10.1 Å². The van der Waals surface area contributed by atoms with Gasteiger partial charge in [0, 0.05) is 4.88 Å². The average molecular weight is 266 g/mol. The molecule has 1 amide bonds. The lowest BCUT2D eigenvalue weighted by Gasteiger charge is -2.17. The van der Waals surface area contributed by atoms with Crippen LogP contribution in [0.4, 0.5) is 5.00 Å². The molecule has 1 aromatic rings. The highest BCUT2D eigenvalue weighted by atomic mass is 32.1. The van der Waals surface area contributed by atoms with Crippen molar-refractivity contribution in [1.29, 1.82) is 5.26 Å². The van der Waals surface area contributed by atoms with Gasteiger partial charge in [0.2, 0.25) is 5.91 Å². The largest absolute Gasteiger partial charge is 0.316 e. The first-order valence-electron chi connectivity index (χ1n) is 5.61. The summed E-state index contributed by atoms with van der Waals surface area (Å²) in [6, 6.07) is 2.22. The van der Waals surface area contributed by atoms with Crippen molar-refractivity contribution in [2.45, 2.75) is 26.2 Å². The fourth-order valence-corrected chi connectivity index (χ4v) is 3.58. The predicted octanol–water partition coefficient (Wildman–Crippen LogP) is 2.61. The molecule has 1 aliphatic rings. The number of hydrogen-bond acceptors (Lipinski definition) is 4. The molecule has 0 aliphatic heterocycles. The monoisotopic (exact) mass is 266 g/mol. The van der Waals surface area contributed by atoms with Crippen LogP contribution < -0.4 is 5.32 Å². The van der Waals surface area contributed by atoms with E-state index in [0.29, 0.717) is 16.5 Å². The Kier molecular flexibility index (Phi) is 3.75. The fourth-order valence-electron chi connectivity index (χ4n) is 2.12. The second kappa shape index (κ2) is 5.11. The Morgan fingerprint density at radius 3 is 3.12 bits per heavy atom. The minimum absolute atomic E-state index is 0.143. The van der Waals surface area contributed by atoms with E-state index < -0.39 is 0 Å². The van der Waals surface area contributed by atoms with E-state index in [0.717, 1.165) is 24.8 Å². The summed E-state index contributed by atoms with van der Waals surface area (Å²) >= 11 is 5.47. The first-order chi connectivity index (χ1) is 8.15. The van der Waals surface area contributed by atoms with E-state index in [2.05, 4.69) is 30.9 Å². The molecular formula is C12H14N2OS2. The summed E-state index contributed by atoms with van der Waals surface area (Å²) in [5.41, 5.74) is 1.80. The van der Waals surface area contributed by atoms with Gasteiger partial charge in [-0.2, -0.15) is 17.9 Å². The van der Waals surface area contributed by atoms with Crippen LogP contribution in [-0.2, 0) is 17.6 Å². The third-order valence-corrected chi connectivity index (χ3v) is 4.48. The molecule has 2 rings (SSSR count). The van der Waals surface area contributed by atoms with Gasteiger partial charge in [-0.1, -0.05) is 6.92 Å². The number of amides is 1. The summed E-state index contributed by atoms with van der Waals surface area (Å²) in [6.45, 7) is 2.22. The third-order valence-electron chi connectivity index (χ3n) is 3.02. The molecule has 5 heteroatoms. The lowest BCUT2D eigenvalue weighted by molar-refractivity contribution is -0.113. The Hall–Kier alpha value is -0.990. The lowest BCUT2D eigenvalue weighted by atomic mass is 9.89. The third kappa shape index (κ3) is 2.48. The molecule has 0 bridgehead atoms. The average Bonchev–Trinajstić information content (AvgIpc) is 2.64. The standard InChI is InChI=1S/C12H14N2OS2/c1-7-2-3-8-9(5-13)12(14-11(15)6-16)17-10(8)4-7/h7,16H,2-4,6H2,1H3,(H,14,15). The minimum Gasteiger partial charge on any atom is -0.316 e. The lowest BCUT2D eigenvalue weighted by Crippen LogP contribution is -2.12. The Morgan fingerprint density at radius 1 is 1.71 bits per heavy atom. The molecule has 0 saturated heterocycles. The maximum Gasteiger partial charge on any atom is 0.234 e. The molecular weight excluding hydrogens is 252 g/mol. The highest BCUT2D eigenvalue weighted by Crippen LogP contribution is 2.39. The summed E-state index contributed by atoms with van der Waals surface area (Å²) < 4.78 is 0. The molecule has 0 spiro atoms. The van der Waals surface area contributed by atoms with Crippen LogP contribution in [0, 0.1) is 17.2 Å². The van der Waals surface area contributed by atoms with Crippen molar-refractivity contribution in [3.8, 4) is 6.07 Å². The summed E-state index contributed by atoms with van der Waals surface area (Å²) in [4.78, 5) is 12.6. The number of nitriles is 1. The van der Waals surface area contributed by atoms with Crippen LogP contribution >= 0.6 is 24.0 Å². The number of nitrogens with one attached hydrogen (secondary N) is 1. The van der Waals surface area contributed by atoms with Crippen LogP contribution in [0.1, 0.15) is 29.3 Å². The predicted molar refractivity (Wildman–Crippen MR) is 72.7 cm³/mol. The molecule has 0 saturated carbocycles. The number of thiol groups is 1. The first kappa shape index (κ1) is 12.5. The van der Waals surface area contributed by atoms with Crippen LogP contribution in [0.5, 0.6) is 0 Å². The van der Waals surface area contributed by atoms with Crippen molar-refractivity contribution < 1.29 is 4.79 Å². The van der Waals surface area contributed by atoms with Crippen molar-refractivity contribution in [1.82, 2.24) is 0 Å². The van der Waals surface area contributed by atoms with Gasteiger partial charge in [-0.25, -0.2) is 0 Å². The zero-order chi connectivity index (χ0) is 12.4. The molecule has 1 atom stereocenters. The van der Waals surface area contributed by atoms with E-state index >= 15 is 0 Å². The number of carbonyl (C=O) groups excluding carboxylic acids is 1. The molecule has 1 heterocycles. The van der Waals surface area contributed by atoms with Crippen molar-refractivity contribution in [2.24, 2.45) is 5.92 Å². The molecule has 17 heavy (non-hydrogen) atoms. The van der Waals surface area contributed by atoms with Crippen molar-refractivity contribution in [3.05, 3.63) is 16.0 Å². The zero-order valence-corrected chi connectivity index (χ0v) is 11.3. The number of rotatable bonds is 2. The second-order valence-corrected chi connectivity index (χ2v) is 5.80. The number of fused-ring (bicyclic) bond motifs is 1. The van der Waals surface area contributed by atoms with E-state index in [4.69, 9.17) is 0 Å². The molecule has 1 aliphatic carbocycles. The number of nitrogens with zero attached hydrogens (tertiary/aromatic N) is 1. The van der Waals surface area contributed by atoms with Crippen molar-refractivity contribution in [3.63, 3.8) is 0 Å². The van der Waals surface area contributed by atoms with Crippen molar-refractivity contribution >= 4 is 34.9 Å². The van der Waals surface area contributed by atoms with Crippen molar-refractivity contribution in [2.75, 3.05) is 11.1 Å². The van der Waals surface area contributed by atoms with E-state index in [1.165, 1.54) is 4.88 Å². The maximum atomic E-state index is 11.3.